The molecule has 0 unspecified atom stereocenters. The highest BCUT2D eigenvalue weighted by atomic mass is 32.2. The maximum atomic E-state index is 13.1. The highest BCUT2D eigenvalue weighted by molar-refractivity contribution is 8.06. The van der Waals surface area contributed by atoms with Gasteiger partial charge in [-0.05, 0) is 52.9 Å². The van der Waals surface area contributed by atoms with Gasteiger partial charge in [0, 0.05) is 30.3 Å². The fourth-order valence-corrected chi connectivity index (χ4v) is 4.54. The number of hydrogen-bond acceptors (Lipinski definition) is 4. The van der Waals surface area contributed by atoms with Crippen LogP contribution in [0, 0.1) is 11.3 Å². The minimum Gasteiger partial charge on any atom is -0.507 e. The van der Waals surface area contributed by atoms with Gasteiger partial charge in [-0.15, -0.1) is 0 Å². The van der Waals surface area contributed by atoms with E-state index in [1.54, 1.807) is 4.90 Å². The number of benzene rings is 1. The molecule has 0 radical (unpaired) electrons. The maximum absolute atomic E-state index is 13.1. The van der Waals surface area contributed by atoms with Gasteiger partial charge in [-0.25, -0.2) is 0 Å². The van der Waals surface area contributed by atoms with Crippen molar-refractivity contribution in [3.05, 3.63) is 45.3 Å². The van der Waals surface area contributed by atoms with Crippen molar-refractivity contribution in [2.75, 3.05) is 6.54 Å². The smallest absolute Gasteiger partial charge is 0.264 e. The number of phenolic OH excluding ortho intramolecular Hbond substituents is 1. The van der Waals surface area contributed by atoms with Crippen LogP contribution in [0.15, 0.2) is 28.6 Å². The summed E-state index contributed by atoms with van der Waals surface area (Å²) in [4.78, 5) is 15.6. The molecule has 0 bridgehead atoms. The predicted molar refractivity (Wildman–Crippen MR) is 135 cm³/mol. The lowest BCUT2D eigenvalue weighted by Crippen LogP contribution is -2.29. The third-order valence-corrected chi connectivity index (χ3v) is 6.45. The molecule has 0 fully saturated rings. The van der Waals surface area contributed by atoms with E-state index >= 15 is 0 Å². The van der Waals surface area contributed by atoms with Crippen molar-refractivity contribution in [2.24, 2.45) is 0 Å². The lowest BCUT2D eigenvalue weighted by Gasteiger charge is -2.28. The summed E-state index contributed by atoms with van der Waals surface area (Å²) >= 11 is 1.45. The van der Waals surface area contributed by atoms with Crippen LogP contribution in [0.3, 0.4) is 0 Å². The number of carbonyl (C=O) groups excluding carboxylic acids is 1. The van der Waals surface area contributed by atoms with E-state index in [-0.39, 0.29) is 16.7 Å². The summed E-state index contributed by atoms with van der Waals surface area (Å²) < 4.78 is 0. The van der Waals surface area contributed by atoms with Crippen molar-refractivity contribution in [3.8, 4) is 11.8 Å². The van der Waals surface area contributed by atoms with Crippen molar-refractivity contribution in [3.63, 3.8) is 0 Å². The molecule has 2 rings (SSSR count). The number of amides is 1. The van der Waals surface area contributed by atoms with Crippen LogP contribution in [0.4, 0.5) is 0 Å². The standard InChI is InChI=1S/C27H38N2O2S/c1-26(2,3)21-17-20(18-22(24(21)30)27(4,5)6)19-23-25(31)29(15-16-32-23)14-12-10-8-7-9-11-13-28/h15-19,30H,7-12,14H2,1-6H3/b23-19-. The Morgan fingerprint density at radius 1 is 1.00 bits per heavy atom. The molecule has 1 amide bonds. The molecule has 1 aromatic rings. The van der Waals surface area contributed by atoms with Crippen LogP contribution in [0.2, 0.25) is 0 Å². The molecule has 0 aromatic heterocycles. The van der Waals surface area contributed by atoms with Crippen molar-refractivity contribution in [1.82, 2.24) is 4.90 Å². The number of carbonyl (C=O) groups is 1. The summed E-state index contributed by atoms with van der Waals surface area (Å²) in [7, 11) is 0. The Morgan fingerprint density at radius 3 is 2.12 bits per heavy atom. The van der Waals surface area contributed by atoms with Crippen LogP contribution in [-0.4, -0.2) is 22.5 Å². The van der Waals surface area contributed by atoms with E-state index < -0.39 is 0 Å². The Morgan fingerprint density at radius 2 is 1.56 bits per heavy atom. The van der Waals surface area contributed by atoms with Crippen molar-refractivity contribution >= 4 is 23.7 Å². The van der Waals surface area contributed by atoms with Gasteiger partial charge in [-0.3, -0.25) is 4.79 Å². The first-order chi connectivity index (χ1) is 14.9. The lowest BCUT2D eigenvalue weighted by atomic mass is 9.78. The molecule has 0 saturated heterocycles. The lowest BCUT2D eigenvalue weighted by molar-refractivity contribution is -0.124. The second kappa shape index (κ2) is 11.1. The molecule has 1 aliphatic rings. The number of phenols is 1. The molecular formula is C27H38N2O2S. The molecule has 0 aliphatic carbocycles. The molecule has 0 atom stereocenters. The zero-order valence-corrected chi connectivity index (χ0v) is 21.3. The van der Waals surface area contributed by atoms with Gasteiger partial charge in [-0.1, -0.05) is 72.6 Å². The molecule has 4 nitrogen and oxygen atoms in total. The molecule has 32 heavy (non-hydrogen) atoms. The van der Waals surface area contributed by atoms with Gasteiger partial charge >= 0.3 is 0 Å². The zero-order valence-electron chi connectivity index (χ0n) is 20.5. The average Bonchev–Trinajstić information content (AvgIpc) is 2.69. The second-order valence-electron chi connectivity index (χ2n) is 10.6. The first-order valence-corrected chi connectivity index (χ1v) is 12.4. The number of thioether (sulfide) groups is 1. The normalized spacial score (nSPS) is 16.0. The number of nitriles is 1. The predicted octanol–water partition coefficient (Wildman–Crippen LogP) is 7.24. The van der Waals surface area contributed by atoms with Gasteiger partial charge in [-0.2, -0.15) is 5.26 Å². The Bertz CT molecular complexity index is 876. The SMILES string of the molecule is CC(C)(C)c1cc(/C=C2\SC=CN(CCCCCCCC#N)C2=O)cc(C(C)(C)C)c1O. The van der Waals surface area contributed by atoms with Gasteiger partial charge in [0.1, 0.15) is 5.75 Å². The van der Waals surface area contributed by atoms with Crippen LogP contribution in [0.25, 0.3) is 6.08 Å². The highest BCUT2D eigenvalue weighted by Crippen LogP contribution is 2.40. The minimum absolute atomic E-state index is 0.0321. The molecule has 174 valence electrons. The molecular weight excluding hydrogens is 416 g/mol. The molecule has 1 aliphatic heterocycles. The van der Waals surface area contributed by atoms with Gasteiger partial charge in [0.2, 0.25) is 0 Å². The molecule has 1 aromatic carbocycles. The van der Waals surface area contributed by atoms with Crippen LogP contribution in [0.5, 0.6) is 5.75 Å². The summed E-state index contributed by atoms with van der Waals surface area (Å²) in [5.74, 6) is 0.385. The number of aromatic hydroxyl groups is 1. The van der Waals surface area contributed by atoms with E-state index in [9.17, 15) is 9.90 Å². The van der Waals surface area contributed by atoms with E-state index in [4.69, 9.17) is 5.26 Å². The number of rotatable bonds is 8. The third-order valence-electron chi connectivity index (χ3n) is 5.64. The summed E-state index contributed by atoms with van der Waals surface area (Å²) in [5.41, 5.74) is 2.33. The first kappa shape index (κ1) is 26.1. The van der Waals surface area contributed by atoms with Crippen LogP contribution in [0.1, 0.15) is 96.8 Å². The molecule has 0 spiro atoms. The fourth-order valence-electron chi connectivity index (χ4n) is 3.76. The number of nitrogens with zero attached hydrogens (tertiary/aromatic N) is 2. The second-order valence-corrected chi connectivity index (χ2v) is 11.5. The largest absolute Gasteiger partial charge is 0.507 e. The quantitative estimate of drug-likeness (QED) is 0.332. The molecule has 0 saturated carbocycles. The van der Waals surface area contributed by atoms with Crippen molar-refractivity contribution in [2.45, 2.75) is 90.9 Å². The van der Waals surface area contributed by atoms with Crippen LogP contribution >= 0.6 is 11.8 Å². The Kier molecular flexibility index (Phi) is 9.04. The zero-order chi connectivity index (χ0) is 23.9. The van der Waals surface area contributed by atoms with E-state index in [1.165, 1.54) is 11.8 Å². The molecule has 1 heterocycles. The van der Waals surface area contributed by atoms with Gasteiger partial charge < -0.3 is 10.0 Å². The fraction of sp³-hybridized carbons (Fsp3) is 0.556. The van der Waals surface area contributed by atoms with Crippen LogP contribution < -0.4 is 0 Å². The topological polar surface area (TPSA) is 64.3 Å². The summed E-state index contributed by atoms with van der Waals surface area (Å²) in [5, 5.41) is 21.5. The maximum Gasteiger partial charge on any atom is 0.264 e. The monoisotopic (exact) mass is 454 g/mol. The average molecular weight is 455 g/mol. The Balaban J connectivity index is 2.18. The molecule has 5 heteroatoms. The van der Waals surface area contributed by atoms with Gasteiger partial charge in [0.15, 0.2) is 0 Å². The van der Waals surface area contributed by atoms with Crippen LogP contribution in [-0.2, 0) is 15.6 Å². The Labute approximate surface area is 198 Å². The first-order valence-electron chi connectivity index (χ1n) is 11.6. The van der Waals surface area contributed by atoms with E-state index in [0.29, 0.717) is 23.6 Å². The summed E-state index contributed by atoms with van der Waals surface area (Å²) in [6, 6.07) is 6.20. The van der Waals surface area contributed by atoms with Crippen molar-refractivity contribution < 1.29 is 9.90 Å². The minimum atomic E-state index is -0.207. The third kappa shape index (κ3) is 7.17. The van der Waals surface area contributed by atoms with E-state index in [1.807, 2.05) is 29.8 Å². The summed E-state index contributed by atoms with van der Waals surface area (Å²) in [6.45, 7) is 13.3. The number of hydrogen-bond donors (Lipinski definition) is 1. The highest BCUT2D eigenvalue weighted by Gasteiger charge is 2.27. The number of unbranched alkanes of at least 4 members (excludes halogenated alkanes) is 5. The Hall–Kier alpha value is -2.19. The van der Waals surface area contributed by atoms with Gasteiger partial charge in [0.05, 0.1) is 11.0 Å². The van der Waals surface area contributed by atoms with Crippen molar-refractivity contribution in [1.29, 1.82) is 5.26 Å². The molecule has 1 N–H and O–H groups in total. The van der Waals surface area contributed by atoms with Gasteiger partial charge in [0.25, 0.3) is 5.91 Å². The van der Waals surface area contributed by atoms with E-state index in [2.05, 4.69) is 47.6 Å². The van der Waals surface area contributed by atoms with E-state index in [0.717, 1.165) is 48.8 Å². The summed E-state index contributed by atoms with van der Waals surface area (Å²) in [6.07, 6.45) is 9.62.